The molecule has 0 bridgehead atoms. The number of nitrogens with one attached hydrogen (secondary N) is 1. The fourth-order valence-corrected chi connectivity index (χ4v) is 2.27. The zero-order valence-corrected chi connectivity index (χ0v) is 10.6. The lowest BCUT2D eigenvalue weighted by Crippen LogP contribution is -2.22. The van der Waals surface area contributed by atoms with Crippen molar-refractivity contribution in [1.29, 1.82) is 0 Å². The van der Waals surface area contributed by atoms with E-state index in [1.54, 1.807) is 6.07 Å². The highest BCUT2D eigenvalue weighted by Gasteiger charge is 2.08. The van der Waals surface area contributed by atoms with E-state index < -0.39 is 5.97 Å². The first-order valence-corrected chi connectivity index (χ1v) is 6.32. The summed E-state index contributed by atoms with van der Waals surface area (Å²) >= 11 is 1.46. The fourth-order valence-electron chi connectivity index (χ4n) is 1.46. The average Bonchev–Trinajstić information content (AvgIpc) is 3.04. The van der Waals surface area contributed by atoms with Gasteiger partial charge in [0.2, 0.25) is 0 Å². The number of thiophene rings is 1. The van der Waals surface area contributed by atoms with Crippen molar-refractivity contribution < 1.29 is 19.1 Å². The predicted octanol–water partition coefficient (Wildman–Crippen LogP) is 2.37. The van der Waals surface area contributed by atoms with Crippen LogP contribution in [-0.2, 0) is 11.3 Å². The molecule has 0 saturated carbocycles. The summed E-state index contributed by atoms with van der Waals surface area (Å²) in [5, 5.41) is 13.2. The minimum Gasteiger partial charge on any atom is -0.478 e. The Bertz CT molecular complexity index is 598. The molecule has 0 aliphatic carbocycles. The van der Waals surface area contributed by atoms with Crippen LogP contribution in [0.3, 0.4) is 0 Å². The van der Waals surface area contributed by atoms with Crippen molar-refractivity contribution in [3.05, 3.63) is 52.1 Å². The van der Waals surface area contributed by atoms with Crippen LogP contribution in [0.1, 0.15) is 20.8 Å². The van der Waals surface area contributed by atoms with E-state index in [2.05, 4.69) is 5.32 Å². The van der Waals surface area contributed by atoms with Crippen molar-refractivity contribution in [3.8, 4) is 0 Å². The molecular formula is C13H11NO4S. The van der Waals surface area contributed by atoms with Gasteiger partial charge in [-0.1, -0.05) is 0 Å². The number of furan rings is 1. The van der Waals surface area contributed by atoms with Crippen molar-refractivity contribution in [2.24, 2.45) is 0 Å². The summed E-state index contributed by atoms with van der Waals surface area (Å²) in [5.41, 5.74) is 1.25. The van der Waals surface area contributed by atoms with E-state index in [-0.39, 0.29) is 5.91 Å². The van der Waals surface area contributed by atoms with E-state index in [0.717, 1.165) is 16.5 Å². The molecule has 2 N–H and O–H groups in total. The zero-order chi connectivity index (χ0) is 13.7. The molecule has 0 aliphatic rings. The van der Waals surface area contributed by atoms with Crippen molar-refractivity contribution in [3.63, 3.8) is 0 Å². The monoisotopic (exact) mass is 277 g/mol. The van der Waals surface area contributed by atoms with Crippen LogP contribution < -0.4 is 5.32 Å². The Morgan fingerprint density at radius 2 is 2.26 bits per heavy atom. The van der Waals surface area contributed by atoms with Gasteiger partial charge in [0.25, 0.3) is 5.91 Å². The van der Waals surface area contributed by atoms with E-state index in [0.29, 0.717) is 12.1 Å². The van der Waals surface area contributed by atoms with E-state index >= 15 is 0 Å². The van der Waals surface area contributed by atoms with Gasteiger partial charge < -0.3 is 14.8 Å². The van der Waals surface area contributed by atoms with Crippen molar-refractivity contribution >= 4 is 29.3 Å². The van der Waals surface area contributed by atoms with Crippen molar-refractivity contribution in [2.45, 2.75) is 6.54 Å². The Kier molecular flexibility index (Phi) is 4.15. The molecule has 2 heterocycles. The first kappa shape index (κ1) is 13.1. The minimum atomic E-state index is -1.00. The van der Waals surface area contributed by atoms with Crippen molar-refractivity contribution in [1.82, 2.24) is 5.32 Å². The van der Waals surface area contributed by atoms with Crippen LogP contribution in [0.15, 0.2) is 40.5 Å². The van der Waals surface area contributed by atoms with Crippen LogP contribution in [0.25, 0.3) is 6.08 Å². The summed E-state index contributed by atoms with van der Waals surface area (Å²) in [7, 11) is 0. The summed E-state index contributed by atoms with van der Waals surface area (Å²) in [4.78, 5) is 23.1. The van der Waals surface area contributed by atoms with Crippen LogP contribution in [0.4, 0.5) is 0 Å². The Balaban J connectivity index is 1.98. The second-order valence-electron chi connectivity index (χ2n) is 3.67. The zero-order valence-electron chi connectivity index (χ0n) is 9.83. The smallest absolute Gasteiger partial charge is 0.328 e. The van der Waals surface area contributed by atoms with Crippen LogP contribution in [0.5, 0.6) is 0 Å². The van der Waals surface area contributed by atoms with Gasteiger partial charge in [-0.25, -0.2) is 4.79 Å². The number of carboxylic acid groups (broad SMARTS) is 1. The van der Waals surface area contributed by atoms with Crippen LogP contribution in [0.2, 0.25) is 0 Å². The van der Waals surface area contributed by atoms with Crippen LogP contribution in [-0.4, -0.2) is 17.0 Å². The van der Waals surface area contributed by atoms with Gasteiger partial charge in [0.05, 0.1) is 18.4 Å². The molecule has 1 amide bonds. The molecule has 6 heteroatoms. The highest BCUT2D eigenvalue weighted by atomic mass is 32.1. The first-order chi connectivity index (χ1) is 9.16. The van der Waals surface area contributed by atoms with Crippen molar-refractivity contribution in [2.75, 3.05) is 0 Å². The van der Waals surface area contributed by atoms with Gasteiger partial charge in [-0.05, 0) is 29.2 Å². The molecule has 5 nitrogen and oxygen atoms in total. The maximum atomic E-state index is 11.7. The van der Waals surface area contributed by atoms with E-state index in [1.165, 1.54) is 29.9 Å². The summed E-state index contributed by atoms with van der Waals surface area (Å²) in [5.74, 6) is -1.23. The lowest BCUT2D eigenvalue weighted by Gasteiger charge is -2.02. The standard InChI is InChI=1S/C13H11NO4S/c15-12(16)2-1-9-4-6-19-11(9)7-14-13(17)10-3-5-18-8-10/h1-6,8H,7H2,(H,14,17)(H,15,16). The molecule has 0 spiro atoms. The Morgan fingerprint density at radius 3 is 2.95 bits per heavy atom. The lowest BCUT2D eigenvalue weighted by atomic mass is 10.2. The van der Waals surface area contributed by atoms with E-state index in [4.69, 9.17) is 9.52 Å². The fraction of sp³-hybridized carbons (Fsp3) is 0.0769. The number of hydrogen-bond donors (Lipinski definition) is 2. The van der Waals surface area contributed by atoms with Gasteiger partial charge in [-0.2, -0.15) is 0 Å². The highest BCUT2D eigenvalue weighted by molar-refractivity contribution is 7.10. The Labute approximate surface area is 113 Å². The molecule has 2 aromatic rings. The molecule has 0 unspecified atom stereocenters. The number of carboxylic acids is 1. The van der Waals surface area contributed by atoms with Gasteiger partial charge in [0, 0.05) is 11.0 Å². The van der Waals surface area contributed by atoms with Crippen LogP contribution >= 0.6 is 11.3 Å². The quantitative estimate of drug-likeness (QED) is 0.822. The summed E-state index contributed by atoms with van der Waals surface area (Å²) < 4.78 is 4.83. The van der Waals surface area contributed by atoms with Gasteiger partial charge in [-0.15, -0.1) is 11.3 Å². The first-order valence-electron chi connectivity index (χ1n) is 5.44. The predicted molar refractivity (Wildman–Crippen MR) is 70.9 cm³/mol. The molecule has 0 aliphatic heterocycles. The Hall–Kier alpha value is -2.34. The number of hydrogen-bond acceptors (Lipinski definition) is 4. The van der Waals surface area contributed by atoms with E-state index in [9.17, 15) is 9.59 Å². The maximum Gasteiger partial charge on any atom is 0.328 e. The summed E-state index contributed by atoms with van der Waals surface area (Å²) in [6, 6.07) is 3.39. The average molecular weight is 277 g/mol. The van der Waals surface area contributed by atoms with Gasteiger partial charge in [-0.3, -0.25) is 4.79 Å². The molecule has 19 heavy (non-hydrogen) atoms. The lowest BCUT2D eigenvalue weighted by molar-refractivity contribution is -0.131. The number of carbonyl (C=O) groups is 2. The Morgan fingerprint density at radius 1 is 1.42 bits per heavy atom. The summed E-state index contributed by atoms with van der Waals surface area (Å²) in [6.07, 6.45) is 5.39. The SMILES string of the molecule is O=C(O)C=Cc1ccsc1CNC(=O)c1ccoc1. The molecule has 0 radical (unpaired) electrons. The molecule has 98 valence electrons. The molecule has 0 atom stereocenters. The molecular weight excluding hydrogens is 266 g/mol. The van der Waals surface area contributed by atoms with Gasteiger partial charge in [0.15, 0.2) is 0 Å². The normalized spacial score (nSPS) is 10.7. The summed E-state index contributed by atoms with van der Waals surface area (Å²) in [6.45, 7) is 0.348. The van der Waals surface area contributed by atoms with Gasteiger partial charge in [0.1, 0.15) is 6.26 Å². The highest BCUT2D eigenvalue weighted by Crippen LogP contribution is 2.18. The van der Waals surface area contributed by atoms with Crippen LogP contribution in [0, 0.1) is 0 Å². The largest absolute Gasteiger partial charge is 0.478 e. The second-order valence-corrected chi connectivity index (χ2v) is 4.67. The minimum absolute atomic E-state index is 0.227. The molecule has 2 aromatic heterocycles. The van der Waals surface area contributed by atoms with E-state index in [1.807, 2.05) is 11.4 Å². The van der Waals surface area contributed by atoms with Gasteiger partial charge >= 0.3 is 5.97 Å². The number of amides is 1. The number of carbonyl (C=O) groups excluding carboxylic acids is 1. The molecule has 2 rings (SSSR count). The number of aliphatic carboxylic acids is 1. The third kappa shape index (κ3) is 3.56. The molecule has 0 aromatic carbocycles. The number of rotatable bonds is 5. The molecule has 0 fully saturated rings. The maximum absolute atomic E-state index is 11.7. The third-order valence-electron chi connectivity index (χ3n) is 2.38. The third-order valence-corrected chi connectivity index (χ3v) is 3.31. The molecule has 0 saturated heterocycles. The topological polar surface area (TPSA) is 79.5 Å². The second kappa shape index (κ2) is 6.01.